The Hall–Kier alpha value is 0.810. The van der Waals surface area contributed by atoms with Crippen LogP contribution in [-0.2, 0) is 5.33 Å². The number of hydrogen-bond acceptors (Lipinski definition) is 2. The Morgan fingerprint density at radius 2 is 1.88 bits per heavy atom. The van der Waals surface area contributed by atoms with Gasteiger partial charge in [0.1, 0.15) is 5.75 Å². The molecule has 0 saturated heterocycles. The number of alkyl halides is 1. The predicted octanol–water partition coefficient (Wildman–Crippen LogP) is 5.63. The van der Waals surface area contributed by atoms with Crippen molar-refractivity contribution in [2.45, 2.75) is 18.7 Å². The predicted molar refractivity (Wildman–Crippen MR) is 87.6 cm³/mol. The Kier molecular flexibility index (Phi) is 8.24. The van der Waals surface area contributed by atoms with Gasteiger partial charge < -0.3 is 4.74 Å². The fourth-order valence-corrected chi connectivity index (χ4v) is 3.75. The van der Waals surface area contributed by atoms with Crippen LogP contribution in [0.5, 0.6) is 5.75 Å². The zero-order valence-corrected chi connectivity index (χ0v) is 15.2. The van der Waals surface area contributed by atoms with Crippen LogP contribution >= 0.6 is 59.6 Å². The number of thioether (sulfide) groups is 1. The minimum absolute atomic E-state index is 0.762. The smallest absolute Gasteiger partial charge is 0.147 e. The number of benzene rings is 1. The molecule has 1 rings (SSSR count). The van der Waals surface area contributed by atoms with E-state index >= 15 is 0 Å². The minimum Gasteiger partial charge on any atom is -0.491 e. The SMILES string of the molecule is CCSCCCOc1c(Br)cc(CBr)cc1Br. The standard InChI is InChI=1S/C12H15Br3OS/c1-2-17-5-3-4-16-12-10(14)6-9(8-13)7-11(12)15/h6-7H,2-5,8H2,1H3. The Bertz CT molecular complexity index is 335. The molecular formula is C12H15Br3OS. The molecule has 0 unspecified atom stereocenters. The molecule has 0 radical (unpaired) electrons. The molecule has 0 heterocycles. The first-order valence-electron chi connectivity index (χ1n) is 5.43. The second-order valence-electron chi connectivity index (χ2n) is 3.42. The lowest BCUT2D eigenvalue weighted by atomic mass is 10.2. The van der Waals surface area contributed by atoms with Crippen LogP contribution in [0.3, 0.4) is 0 Å². The molecule has 5 heteroatoms. The molecule has 0 amide bonds. The van der Waals surface area contributed by atoms with Crippen LogP contribution < -0.4 is 4.74 Å². The van der Waals surface area contributed by atoms with Gasteiger partial charge >= 0.3 is 0 Å². The Balaban J connectivity index is 2.53. The van der Waals surface area contributed by atoms with Crippen molar-refractivity contribution in [3.8, 4) is 5.75 Å². The van der Waals surface area contributed by atoms with Gasteiger partial charge in [0, 0.05) is 5.33 Å². The van der Waals surface area contributed by atoms with Crippen molar-refractivity contribution in [1.82, 2.24) is 0 Å². The van der Waals surface area contributed by atoms with Gasteiger partial charge in [0.25, 0.3) is 0 Å². The Morgan fingerprint density at radius 1 is 1.24 bits per heavy atom. The van der Waals surface area contributed by atoms with Crippen LogP contribution in [0, 0.1) is 0 Å². The summed E-state index contributed by atoms with van der Waals surface area (Å²) in [6, 6.07) is 4.16. The molecular weight excluding hydrogens is 432 g/mol. The minimum atomic E-state index is 0.762. The third kappa shape index (κ3) is 5.53. The van der Waals surface area contributed by atoms with Gasteiger partial charge in [-0.15, -0.1) is 0 Å². The molecule has 0 aliphatic carbocycles. The number of hydrogen-bond donors (Lipinski definition) is 0. The molecule has 0 aromatic heterocycles. The molecule has 0 saturated carbocycles. The van der Waals surface area contributed by atoms with Gasteiger partial charge in [-0.25, -0.2) is 0 Å². The number of rotatable bonds is 7. The van der Waals surface area contributed by atoms with Crippen molar-refractivity contribution >= 4 is 59.6 Å². The fraction of sp³-hybridized carbons (Fsp3) is 0.500. The number of ether oxygens (including phenoxy) is 1. The highest BCUT2D eigenvalue weighted by molar-refractivity contribution is 9.11. The maximum atomic E-state index is 5.79. The molecule has 1 aromatic carbocycles. The molecule has 0 N–H and O–H groups in total. The van der Waals surface area contributed by atoms with E-state index in [1.165, 1.54) is 11.3 Å². The average molecular weight is 447 g/mol. The van der Waals surface area contributed by atoms with Gasteiger partial charge in [0.05, 0.1) is 15.6 Å². The largest absolute Gasteiger partial charge is 0.491 e. The van der Waals surface area contributed by atoms with Crippen LogP contribution in [0.1, 0.15) is 18.9 Å². The highest BCUT2D eigenvalue weighted by Crippen LogP contribution is 2.35. The molecule has 0 spiro atoms. The van der Waals surface area contributed by atoms with Crippen molar-refractivity contribution in [2.75, 3.05) is 18.1 Å². The van der Waals surface area contributed by atoms with Crippen LogP contribution in [0.4, 0.5) is 0 Å². The quantitative estimate of drug-likeness (QED) is 0.396. The molecule has 1 nitrogen and oxygen atoms in total. The highest BCUT2D eigenvalue weighted by Gasteiger charge is 2.08. The second-order valence-corrected chi connectivity index (χ2v) is 7.08. The summed E-state index contributed by atoms with van der Waals surface area (Å²) >= 11 is 12.5. The first-order valence-corrected chi connectivity index (χ1v) is 9.29. The van der Waals surface area contributed by atoms with Gasteiger partial charge in [-0.2, -0.15) is 11.8 Å². The zero-order chi connectivity index (χ0) is 12.7. The summed E-state index contributed by atoms with van der Waals surface area (Å²) in [4.78, 5) is 0. The summed E-state index contributed by atoms with van der Waals surface area (Å²) in [5, 5.41) is 0.845. The maximum Gasteiger partial charge on any atom is 0.147 e. The van der Waals surface area contributed by atoms with E-state index in [0.29, 0.717) is 0 Å². The van der Waals surface area contributed by atoms with Crippen LogP contribution in [-0.4, -0.2) is 18.1 Å². The lowest BCUT2D eigenvalue weighted by Gasteiger charge is -2.11. The van der Waals surface area contributed by atoms with Crippen molar-refractivity contribution in [2.24, 2.45) is 0 Å². The second kappa shape index (κ2) is 8.83. The van der Waals surface area contributed by atoms with E-state index in [2.05, 4.69) is 66.8 Å². The van der Waals surface area contributed by atoms with Gasteiger partial charge in [0.15, 0.2) is 0 Å². The van der Waals surface area contributed by atoms with Crippen molar-refractivity contribution < 1.29 is 4.74 Å². The lowest BCUT2D eigenvalue weighted by Crippen LogP contribution is -2.00. The van der Waals surface area contributed by atoms with Crippen LogP contribution in [0.15, 0.2) is 21.1 Å². The van der Waals surface area contributed by atoms with E-state index in [1.807, 2.05) is 11.8 Å². The monoisotopic (exact) mass is 444 g/mol. The van der Waals surface area contributed by atoms with E-state index in [-0.39, 0.29) is 0 Å². The average Bonchev–Trinajstić information content (AvgIpc) is 2.31. The summed E-state index contributed by atoms with van der Waals surface area (Å²) < 4.78 is 7.80. The van der Waals surface area contributed by atoms with Gasteiger partial charge in [-0.3, -0.25) is 0 Å². The first kappa shape index (κ1) is 15.9. The Labute approximate surface area is 132 Å². The molecule has 0 aliphatic rings. The molecule has 0 fully saturated rings. The van der Waals surface area contributed by atoms with Gasteiger partial charge in [-0.1, -0.05) is 22.9 Å². The van der Waals surface area contributed by atoms with Crippen molar-refractivity contribution in [3.05, 3.63) is 26.6 Å². The zero-order valence-electron chi connectivity index (χ0n) is 9.64. The number of halogens is 3. The molecule has 0 atom stereocenters. The summed E-state index contributed by atoms with van der Waals surface area (Å²) in [5.41, 5.74) is 1.22. The van der Waals surface area contributed by atoms with E-state index in [9.17, 15) is 0 Å². The maximum absolute atomic E-state index is 5.79. The van der Waals surface area contributed by atoms with E-state index in [1.54, 1.807) is 0 Å². The van der Waals surface area contributed by atoms with Gasteiger partial charge in [0.2, 0.25) is 0 Å². The topological polar surface area (TPSA) is 9.23 Å². The van der Waals surface area contributed by atoms with E-state index in [0.717, 1.165) is 38.8 Å². The summed E-state index contributed by atoms with van der Waals surface area (Å²) in [6.45, 7) is 2.94. The van der Waals surface area contributed by atoms with E-state index in [4.69, 9.17) is 4.74 Å². The summed E-state index contributed by atoms with van der Waals surface area (Å²) in [7, 11) is 0. The fourth-order valence-electron chi connectivity index (χ4n) is 1.31. The van der Waals surface area contributed by atoms with Crippen molar-refractivity contribution in [3.63, 3.8) is 0 Å². The molecule has 0 bridgehead atoms. The van der Waals surface area contributed by atoms with Crippen LogP contribution in [0.25, 0.3) is 0 Å². The third-order valence-corrected chi connectivity index (χ3v) is 4.91. The molecule has 17 heavy (non-hydrogen) atoms. The van der Waals surface area contributed by atoms with Crippen molar-refractivity contribution in [1.29, 1.82) is 0 Å². The Morgan fingerprint density at radius 3 is 2.41 bits per heavy atom. The first-order chi connectivity index (χ1) is 8.19. The lowest BCUT2D eigenvalue weighted by molar-refractivity contribution is 0.315. The summed E-state index contributed by atoms with van der Waals surface area (Å²) in [5.74, 6) is 3.23. The molecule has 96 valence electrons. The highest BCUT2D eigenvalue weighted by atomic mass is 79.9. The molecule has 1 aromatic rings. The molecule has 0 aliphatic heterocycles. The third-order valence-electron chi connectivity index (χ3n) is 2.10. The summed E-state index contributed by atoms with van der Waals surface area (Å²) in [6.07, 6.45) is 1.08. The van der Waals surface area contributed by atoms with Crippen LogP contribution in [0.2, 0.25) is 0 Å². The van der Waals surface area contributed by atoms with Gasteiger partial charge in [-0.05, 0) is 67.5 Å². The normalized spacial score (nSPS) is 10.6. The van der Waals surface area contributed by atoms with E-state index < -0.39 is 0 Å².